The summed E-state index contributed by atoms with van der Waals surface area (Å²) < 4.78 is 29.0. The lowest BCUT2D eigenvalue weighted by Crippen LogP contribution is -2.54. The molecule has 174 valence electrons. The Hall–Kier alpha value is -3.11. The highest BCUT2D eigenvalue weighted by atomic mass is 19.3. The number of ketones is 1. The number of nitriles is 1. The van der Waals surface area contributed by atoms with E-state index in [1.807, 2.05) is 26.0 Å². The minimum atomic E-state index is -2.81. The highest BCUT2D eigenvalue weighted by Crippen LogP contribution is 2.49. The number of amides is 1. The molecule has 5 nitrogen and oxygen atoms in total. The van der Waals surface area contributed by atoms with Crippen LogP contribution in [0.25, 0.3) is 11.1 Å². The summed E-state index contributed by atoms with van der Waals surface area (Å²) in [5.41, 5.74) is 7.12. The van der Waals surface area contributed by atoms with E-state index in [0.717, 1.165) is 11.1 Å². The Bertz CT molecular complexity index is 1040. The van der Waals surface area contributed by atoms with Crippen molar-refractivity contribution in [1.82, 2.24) is 4.90 Å². The topological polar surface area (TPSA) is 87.2 Å². The molecular weight excluding hydrogens is 424 g/mol. The van der Waals surface area contributed by atoms with Gasteiger partial charge in [0.25, 0.3) is 6.43 Å². The fourth-order valence-corrected chi connectivity index (χ4v) is 4.32. The normalized spacial score (nSPS) is 16.5. The van der Waals surface area contributed by atoms with Crippen LogP contribution in [0.15, 0.2) is 48.5 Å². The second-order valence-electron chi connectivity index (χ2n) is 9.13. The van der Waals surface area contributed by atoms with Crippen molar-refractivity contribution < 1.29 is 18.4 Å². The maximum Gasteiger partial charge on any atom is 0.258 e. The first-order valence-electron chi connectivity index (χ1n) is 11.1. The summed E-state index contributed by atoms with van der Waals surface area (Å²) in [5, 5.41) is 9.81. The largest absolute Gasteiger partial charge is 0.368 e. The van der Waals surface area contributed by atoms with E-state index in [-0.39, 0.29) is 11.7 Å². The van der Waals surface area contributed by atoms with Gasteiger partial charge in [-0.05, 0) is 48.8 Å². The predicted molar refractivity (Wildman–Crippen MR) is 122 cm³/mol. The van der Waals surface area contributed by atoms with Crippen molar-refractivity contribution in [2.45, 2.75) is 64.1 Å². The number of Topliss-reactive ketones (excluding diaryl/α,β-unsaturated/α-hetero) is 1. The van der Waals surface area contributed by atoms with Crippen molar-refractivity contribution in [3.63, 3.8) is 0 Å². The van der Waals surface area contributed by atoms with Crippen LogP contribution in [0, 0.1) is 17.2 Å². The lowest BCUT2D eigenvalue weighted by molar-refractivity contribution is -0.128. The summed E-state index contributed by atoms with van der Waals surface area (Å²) in [5.74, 6) is -0.690. The Balaban J connectivity index is 1.99. The summed E-state index contributed by atoms with van der Waals surface area (Å²) in [7, 11) is 0. The van der Waals surface area contributed by atoms with E-state index in [1.165, 1.54) is 11.8 Å². The van der Waals surface area contributed by atoms with Gasteiger partial charge in [-0.3, -0.25) is 14.5 Å². The molecule has 2 aromatic carbocycles. The molecule has 2 atom stereocenters. The van der Waals surface area contributed by atoms with Crippen LogP contribution >= 0.6 is 0 Å². The molecule has 2 aromatic rings. The van der Waals surface area contributed by atoms with E-state index in [0.29, 0.717) is 30.4 Å². The van der Waals surface area contributed by atoms with Gasteiger partial charge in [-0.15, -0.1) is 0 Å². The fraction of sp³-hybridized carbons (Fsp3) is 0.423. The molecule has 7 heteroatoms. The maximum atomic E-state index is 14.5. The van der Waals surface area contributed by atoms with Crippen LogP contribution in [-0.2, 0) is 4.79 Å². The van der Waals surface area contributed by atoms with Crippen molar-refractivity contribution in [3.05, 3.63) is 59.7 Å². The second-order valence-corrected chi connectivity index (χ2v) is 9.13. The van der Waals surface area contributed by atoms with Gasteiger partial charge in [0.1, 0.15) is 5.54 Å². The van der Waals surface area contributed by atoms with Crippen LogP contribution in [0.3, 0.4) is 0 Å². The van der Waals surface area contributed by atoms with E-state index < -0.39 is 30.0 Å². The van der Waals surface area contributed by atoms with Crippen molar-refractivity contribution in [3.8, 4) is 17.2 Å². The van der Waals surface area contributed by atoms with E-state index in [4.69, 9.17) is 5.73 Å². The quantitative estimate of drug-likeness (QED) is 0.506. The maximum absolute atomic E-state index is 14.5. The standard InChI is InChI=1S/C26H29F2N3O2/c1-16(2)14-22(25(30)33)31(26(15-29)12-13-26)23(24(27)28)21-10-8-20(9-11-21)19-6-4-18(5-7-19)17(3)32/h4-11,16,22-24H,12-14H2,1-3H3,(H2,30,33)/t22-,23-/m0/s1. The smallest absolute Gasteiger partial charge is 0.258 e. The van der Waals surface area contributed by atoms with Crippen LogP contribution in [0.1, 0.15) is 62.0 Å². The molecule has 1 saturated carbocycles. The summed E-state index contributed by atoms with van der Waals surface area (Å²) >= 11 is 0. The fourth-order valence-electron chi connectivity index (χ4n) is 4.32. The van der Waals surface area contributed by atoms with Crippen LogP contribution in [0.5, 0.6) is 0 Å². The molecule has 2 N–H and O–H groups in total. The zero-order chi connectivity index (χ0) is 24.3. The van der Waals surface area contributed by atoms with Crippen LogP contribution in [-0.4, -0.2) is 34.6 Å². The zero-order valence-corrected chi connectivity index (χ0v) is 19.1. The molecule has 0 radical (unpaired) electrons. The average molecular weight is 454 g/mol. The molecule has 0 heterocycles. The molecule has 0 unspecified atom stereocenters. The number of halogens is 2. The lowest BCUT2D eigenvalue weighted by Gasteiger charge is -2.40. The summed E-state index contributed by atoms with van der Waals surface area (Å²) in [6.45, 7) is 5.28. The van der Waals surface area contributed by atoms with Gasteiger partial charge in [0.2, 0.25) is 5.91 Å². The van der Waals surface area contributed by atoms with E-state index in [9.17, 15) is 23.6 Å². The Morgan fingerprint density at radius 1 is 1.06 bits per heavy atom. The number of nitrogens with zero attached hydrogens (tertiary/aromatic N) is 2. The van der Waals surface area contributed by atoms with Gasteiger partial charge in [-0.1, -0.05) is 62.4 Å². The van der Waals surface area contributed by atoms with Crippen molar-refractivity contribution in [2.24, 2.45) is 11.7 Å². The van der Waals surface area contributed by atoms with E-state index >= 15 is 0 Å². The minimum absolute atomic E-state index is 0.0336. The first-order valence-corrected chi connectivity index (χ1v) is 11.1. The summed E-state index contributed by atoms with van der Waals surface area (Å²) in [6.07, 6.45) is -1.67. The monoisotopic (exact) mass is 453 g/mol. The number of primary amides is 1. The summed E-state index contributed by atoms with van der Waals surface area (Å²) in [6, 6.07) is 13.5. The molecule has 0 spiro atoms. The van der Waals surface area contributed by atoms with Gasteiger partial charge in [0.15, 0.2) is 5.78 Å². The average Bonchev–Trinajstić information content (AvgIpc) is 3.57. The summed E-state index contributed by atoms with van der Waals surface area (Å²) in [4.78, 5) is 25.2. The minimum Gasteiger partial charge on any atom is -0.368 e. The number of hydrogen-bond acceptors (Lipinski definition) is 4. The van der Waals surface area contributed by atoms with Gasteiger partial charge in [0, 0.05) is 5.56 Å². The molecule has 1 fully saturated rings. The molecule has 33 heavy (non-hydrogen) atoms. The van der Waals surface area contributed by atoms with Crippen LogP contribution in [0.2, 0.25) is 0 Å². The van der Waals surface area contributed by atoms with Crippen molar-refractivity contribution >= 4 is 11.7 Å². The van der Waals surface area contributed by atoms with Gasteiger partial charge in [-0.2, -0.15) is 5.26 Å². The van der Waals surface area contributed by atoms with Gasteiger partial charge < -0.3 is 5.73 Å². The van der Waals surface area contributed by atoms with Crippen molar-refractivity contribution in [2.75, 3.05) is 0 Å². The Morgan fingerprint density at radius 3 is 1.94 bits per heavy atom. The Labute approximate surface area is 193 Å². The van der Waals surface area contributed by atoms with E-state index in [2.05, 4.69) is 6.07 Å². The highest BCUT2D eigenvalue weighted by Gasteiger charge is 2.56. The molecule has 0 aromatic heterocycles. The van der Waals surface area contributed by atoms with Gasteiger partial charge in [-0.25, -0.2) is 8.78 Å². The molecule has 1 aliphatic carbocycles. The first kappa shape index (κ1) is 24.5. The van der Waals surface area contributed by atoms with Gasteiger partial charge in [0.05, 0.1) is 18.2 Å². The number of hydrogen-bond donors (Lipinski definition) is 1. The molecular formula is C26H29F2N3O2. The number of rotatable bonds is 10. The van der Waals surface area contributed by atoms with Gasteiger partial charge >= 0.3 is 0 Å². The number of benzene rings is 2. The number of carbonyl (C=O) groups is 2. The third kappa shape index (κ3) is 5.28. The SMILES string of the molecule is CC(=O)c1ccc(-c2ccc([C@@H](C(F)F)N([C@@H](CC(C)C)C(N)=O)C3(C#N)CC3)cc2)cc1. The zero-order valence-electron chi connectivity index (χ0n) is 19.1. The van der Waals surface area contributed by atoms with Crippen molar-refractivity contribution in [1.29, 1.82) is 5.26 Å². The Kier molecular flexibility index (Phi) is 7.28. The first-order chi connectivity index (χ1) is 15.6. The second kappa shape index (κ2) is 9.80. The molecule has 3 rings (SSSR count). The lowest BCUT2D eigenvalue weighted by atomic mass is 9.93. The van der Waals surface area contributed by atoms with Crippen LogP contribution in [0.4, 0.5) is 8.78 Å². The molecule has 0 saturated heterocycles. The predicted octanol–water partition coefficient (Wildman–Crippen LogP) is 5.12. The van der Waals surface area contributed by atoms with E-state index in [1.54, 1.807) is 36.4 Å². The molecule has 0 bridgehead atoms. The third-order valence-electron chi connectivity index (χ3n) is 6.20. The third-order valence-corrected chi connectivity index (χ3v) is 6.20. The highest BCUT2D eigenvalue weighted by molar-refractivity contribution is 5.94. The van der Waals surface area contributed by atoms with Crippen LogP contribution < -0.4 is 5.73 Å². The number of carbonyl (C=O) groups excluding carboxylic acids is 2. The molecule has 1 amide bonds. The number of alkyl halides is 2. The molecule has 0 aliphatic heterocycles. The number of nitrogens with two attached hydrogens (primary N) is 1. The Morgan fingerprint density at radius 2 is 1.58 bits per heavy atom. The molecule has 1 aliphatic rings.